The van der Waals surface area contributed by atoms with Crippen molar-refractivity contribution in [3.63, 3.8) is 0 Å². The largest absolute Gasteiger partial charge is 0.347 e. The molecule has 1 heterocycles. The summed E-state index contributed by atoms with van der Waals surface area (Å²) in [6.07, 6.45) is 0. The number of amides is 1. The van der Waals surface area contributed by atoms with Crippen molar-refractivity contribution >= 4 is 38.2 Å². The average molecular weight is 341 g/mol. The van der Waals surface area contributed by atoms with E-state index in [1.165, 1.54) is 12.1 Å². The molecule has 1 N–H and O–H groups in total. The van der Waals surface area contributed by atoms with Gasteiger partial charge in [0.15, 0.2) is 0 Å². The lowest BCUT2D eigenvalue weighted by molar-refractivity contribution is -0.380. The Hall–Kier alpha value is -1.73. The van der Waals surface area contributed by atoms with Crippen LogP contribution in [0.3, 0.4) is 0 Å². The summed E-state index contributed by atoms with van der Waals surface area (Å²) in [5, 5.41) is 13.2. The second kappa shape index (κ2) is 5.94. The molecule has 5 nitrogen and oxygen atoms in total. The molecular weight excluding hydrogens is 332 g/mol. The van der Waals surface area contributed by atoms with Crippen molar-refractivity contribution in [2.45, 2.75) is 6.54 Å². The molecule has 19 heavy (non-hydrogen) atoms. The number of nitrogens with one attached hydrogen (secondary N) is 1. The van der Waals surface area contributed by atoms with Gasteiger partial charge in [0.05, 0.1) is 9.80 Å². The first-order valence-corrected chi connectivity index (χ1v) is 6.94. The maximum atomic E-state index is 11.8. The predicted molar refractivity (Wildman–Crippen MR) is 76.3 cm³/mol. The number of carbonyl (C=O) groups is 1. The highest BCUT2D eigenvalue weighted by atomic mass is 79.9. The van der Waals surface area contributed by atoms with Gasteiger partial charge in [-0.25, -0.2) is 0 Å². The lowest BCUT2D eigenvalue weighted by Crippen LogP contribution is -2.21. The molecule has 0 aliphatic carbocycles. The Bertz CT molecular complexity index is 627. The van der Waals surface area contributed by atoms with Crippen molar-refractivity contribution in [3.8, 4) is 0 Å². The van der Waals surface area contributed by atoms with E-state index in [2.05, 4.69) is 21.2 Å². The van der Waals surface area contributed by atoms with Gasteiger partial charge in [-0.1, -0.05) is 45.5 Å². The summed E-state index contributed by atoms with van der Waals surface area (Å²) in [7, 11) is 0. The van der Waals surface area contributed by atoms with Crippen LogP contribution < -0.4 is 5.32 Å². The summed E-state index contributed by atoms with van der Waals surface area (Å²) < 4.78 is 0.910. The molecule has 0 saturated heterocycles. The minimum atomic E-state index is -0.505. The SMILES string of the molecule is O=C(NCc1ccccc1Br)c1ccc([N+](=O)[O-])s1. The fourth-order valence-corrected chi connectivity index (χ4v) is 2.61. The summed E-state index contributed by atoms with van der Waals surface area (Å²) in [6.45, 7) is 0.367. The van der Waals surface area contributed by atoms with Crippen LogP contribution in [0.2, 0.25) is 0 Å². The van der Waals surface area contributed by atoms with Gasteiger partial charge in [0.25, 0.3) is 5.91 Å². The van der Waals surface area contributed by atoms with Gasteiger partial charge in [-0.15, -0.1) is 0 Å². The van der Waals surface area contributed by atoms with Crippen LogP contribution in [0.4, 0.5) is 5.00 Å². The van der Waals surface area contributed by atoms with Crippen molar-refractivity contribution in [1.82, 2.24) is 5.32 Å². The number of carbonyl (C=O) groups excluding carboxylic acids is 1. The molecule has 0 fully saturated rings. The van der Waals surface area contributed by atoms with E-state index in [4.69, 9.17) is 0 Å². The fourth-order valence-electron chi connectivity index (χ4n) is 1.45. The van der Waals surface area contributed by atoms with Crippen LogP contribution in [-0.4, -0.2) is 10.8 Å². The lowest BCUT2D eigenvalue weighted by Gasteiger charge is -2.05. The van der Waals surface area contributed by atoms with Gasteiger partial charge in [0.2, 0.25) is 0 Å². The Morgan fingerprint density at radius 3 is 2.68 bits per heavy atom. The van der Waals surface area contributed by atoms with Crippen LogP contribution in [0.15, 0.2) is 40.9 Å². The number of hydrogen-bond acceptors (Lipinski definition) is 4. The minimum absolute atomic E-state index is 0.0361. The second-order valence-corrected chi connectivity index (χ2v) is 5.59. The third-order valence-electron chi connectivity index (χ3n) is 2.39. The van der Waals surface area contributed by atoms with E-state index in [9.17, 15) is 14.9 Å². The van der Waals surface area contributed by atoms with Crippen molar-refractivity contribution in [1.29, 1.82) is 0 Å². The fraction of sp³-hybridized carbons (Fsp3) is 0.0833. The molecule has 0 bridgehead atoms. The van der Waals surface area contributed by atoms with Crippen LogP contribution in [0.25, 0.3) is 0 Å². The quantitative estimate of drug-likeness (QED) is 0.685. The number of nitrogens with zero attached hydrogens (tertiary/aromatic N) is 1. The van der Waals surface area contributed by atoms with Crippen molar-refractivity contribution in [2.24, 2.45) is 0 Å². The molecule has 0 atom stereocenters. The predicted octanol–water partition coefficient (Wildman–Crippen LogP) is 3.35. The van der Waals surface area contributed by atoms with Crippen LogP contribution in [-0.2, 0) is 6.54 Å². The first kappa shape index (κ1) is 13.7. The molecule has 2 rings (SSSR count). The lowest BCUT2D eigenvalue weighted by atomic mass is 10.2. The van der Waals surface area contributed by atoms with Gasteiger partial charge in [0.1, 0.15) is 0 Å². The van der Waals surface area contributed by atoms with E-state index < -0.39 is 4.92 Å². The summed E-state index contributed by atoms with van der Waals surface area (Å²) >= 11 is 4.25. The van der Waals surface area contributed by atoms with Crippen molar-refractivity contribution < 1.29 is 9.72 Å². The van der Waals surface area contributed by atoms with E-state index in [-0.39, 0.29) is 10.9 Å². The summed E-state index contributed by atoms with van der Waals surface area (Å²) in [4.78, 5) is 22.2. The second-order valence-electron chi connectivity index (χ2n) is 3.67. The van der Waals surface area contributed by atoms with E-state index in [0.29, 0.717) is 11.4 Å². The normalized spacial score (nSPS) is 10.2. The molecule has 0 aliphatic rings. The molecular formula is C12H9BrN2O3S. The zero-order valence-electron chi connectivity index (χ0n) is 9.63. The molecule has 98 valence electrons. The van der Waals surface area contributed by atoms with Gasteiger partial charge in [-0.3, -0.25) is 14.9 Å². The molecule has 0 unspecified atom stereocenters. The van der Waals surface area contributed by atoms with Gasteiger partial charge >= 0.3 is 5.00 Å². The number of halogens is 1. The molecule has 2 aromatic rings. The van der Waals surface area contributed by atoms with Crippen LogP contribution in [0.1, 0.15) is 15.2 Å². The smallest absolute Gasteiger partial charge is 0.324 e. The minimum Gasteiger partial charge on any atom is -0.347 e. The summed E-state index contributed by atoms with van der Waals surface area (Å²) in [5.74, 6) is -0.311. The van der Waals surface area contributed by atoms with E-state index in [1.807, 2.05) is 24.3 Å². The molecule has 0 radical (unpaired) electrons. The highest BCUT2D eigenvalue weighted by Crippen LogP contribution is 2.24. The molecule has 1 aromatic heterocycles. The zero-order chi connectivity index (χ0) is 13.8. The number of thiophene rings is 1. The highest BCUT2D eigenvalue weighted by molar-refractivity contribution is 9.10. The highest BCUT2D eigenvalue weighted by Gasteiger charge is 2.15. The monoisotopic (exact) mass is 340 g/mol. The molecule has 0 spiro atoms. The molecule has 7 heteroatoms. The van der Waals surface area contributed by atoms with E-state index in [0.717, 1.165) is 21.4 Å². The van der Waals surface area contributed by atoms with Crippen molar-refractivity contribution in [3.05, 3.63) is 61.4 Å². The number of benzene rings is 1. The maximum absolute atomic E-state index is 11.8. The van der Waals surface area contributed by atoms with Gasteiger partial charge in [0, 0.05) is 17.1 Å². The molecule has 0 aliphatic heterocycles. The van der Waals surface area contributed by atoms with Crippen LogP contribution in [0, 0.1) is 10.1 Å². The van der Waals surface area contributed by atoms with Gasteiger partial charge in [-0.05, 0) is 17.7 Å². The first-order chi connectivity index (χ1) is 9.08. The Kier molecular flexibility index (Phi) is 4.28. The maximum Gasteiger partial charge on any atom is 0.324 e. The summed E-state index contributed by atoms with van der Waals surface area (Å²) in [6, 6.07) is 10.3. The van der Waals surface area contributed by atoms with Crippen molar-refractivity contribution in [2.75, 3.05) is 0 Å². The Morgan fingerprint density at radius 1 is 1.32 bits per heavy atom. The van der Waals surface area contributed by atoms with E-state index >= 15 is 0 Å². The number of hydrogen-bond donors (Lipinski definition) is 1. The Morgan fingerprint density at radius 2 is 2.05 bits per heavy atom. The standard InChI is InChI=1S/C12H9BrN2O3S/c13-9-4-2-1-3-8(9)7-14-12(16)10-5-6-11(19-10)15(17)18/h1-6H,7H2,(H,14,16). The molecule has 1 amide bonds. The number of nitro groups is 1. The molecule has 0 saturated carbocycles. The zero-order valence-corrected chi connectivity index (χ0v) is 12.0. The number of rotatable bonds is 4. The van der Waals surface area contributed by atoms with Crippen LogP contribution in [0.5, 0.6) is 0 Å². The Labute approximate surface area is 121 Å². The van der Waals surface area contributed by atoms with Crippen LogP contribution >= 0.6 is 27.3 Å². The Balaban J connectivity index is 2.01. The average Bonchev–Trinajstić information content (AvgIpc) is 2.87. The molecule has 1 aromatic carbocycles. The topological polar surface area (TPSA) is 72.2 Å². The first-order valence-electron chi connectivity index (χ1n) is 5.34. The van der Waals surface area contributed by atoms with E-state index in [1.54, 1.807) is 0 Å². The van der Waals surface area contributed by atoms with Gasteiger partial charge < -0.3 is 5.32 Å². The van der Waals surface area contributed by atoms with Gasteiger partial charge in [-0.2, -0.15) is 0 Å². The summed E-state index contributed by atoms with van der Waals surface area (Å²) in [5.41, 5.74) is 0.946. The third kappa shape index (κ3) is 3.39. The third-order valence-corrected chi connectivity index (χ3v) is 4.20.